The van der Waals surface area contributed by atoms with Crippen molar-refractivity contribution in [2.45, 2.75) is 20.0 Å². The van der Waals surface area contributed by atoms with E-state index in [9.17, 15) is 14.3 Å². The number of halogens is 1. The highest BCUT2D eigenvalue weighted by atomic mass is 19.1. The van der Waals surface area contributed by atoms with Gasteiger partial charge in [-0.25, -0.2) is 4.39 Å². The fraction of sp³-hybridized carbons (Fsp3) is 0.500. The molecule has 4 nitrogen and oxygen atoms in total. The van der Waals surface area contributed by atoms with Gasteiger partial charge in [0, 0.05) is 31.9 Å². The second kappa shape index (κ2) is 6.52. The first-order valence-electron chi connectivity index (χ1n) is 6.27. The van der Waals surface area contributed by atoms with Gasteiger partial charge in [-0.1, -0.05) is 13.0 Å². The molecule has 1 aromatic carbocycles. The van der Waals surface area contributed by atoms with E-state index in [0.29, 0.717) is 12.2 Å². The molecule has 5 heteroatoms. The van der Waals surface area contributed by atoms with E-state index in [4.69, 9.17) is 0 Å². The van der Waals surface area contributed by atoms with Gasteiger partial charge >= 0.3 is 0 Å². The first-order chi connectivity index (χ1) is 8.88. The van der Waals surface area contributed by atoms with Gasteiger partial charge in [0.2, 0.25) is 5.91 Å². The smallest absolute Gasteiger partial charge is 0.224 e. The Labute approximate surface area is 113 Å². The molecule has 1 amide bonds. The lowest BCUT2D eigenvalue weighted by Gasteiger charge is -2.26. The lowest BCUT2D eigenvalue weighted by atomic mass is 10.0. The number of aliphatic hydroxyl groups is 1. The van der Waals surface area contributed by atoms with E-state index in [0.717, 1.165) is 0 Å². The molecule has 0 saturated heterocycles. The summed E-state index contributed by atoms with van der Waals surface area (Å²) in [4.78, 5) is 13.3. The highest BCUT2D eigenvalue weighted by molar-refractivity contribution is 5.78. The van der Waals surface area contributed by atoms with Crippen LogP contribution in [0, 0.1) is 11.7 Å². The number of rotatable bonds is 5. The standard InChI is InChI=1S/C14H21FN2O2/c1-9(14(19)16-3)8-17(4)12-7-5-6-11(15)13(12)10(2)18/h5-7,9-10,18H,8H2,1-4H3,(H,16,19)/t9?,10-/m0/s1. The zero-order chi connectivity index (χ0) is 14.6. The number of nitrogens with one attached hydrogen (secondary N) is 1. The first kappa shape index (κ1) is 15.4. The topological polar surface area (TPSA) is 52.6 Å². The molecule has 0 aliphatic heterocycles. The number of nitrogens with zero attached hydrogens (tertiary/aromatic N) is 1. The normalized spacial score (nSPS) is 13.8. The molecule has 2 N–H and O–H groups in total. The predicted octanol–water partition coefficient (Wildman–Crippen LogP) is 1.70. The Kier molecular flexibility index (Phi) is 5.30. The van der Waals surface area contributed by atoms with E-state index in [1.54, 1.807) is 38.1 Å². The second-order valence-electron chi connectivity index (χ2n) is 4.74. The van der Waals surface area contributed by atoms with Crippen LogP contribution in [0.5, 0.6) is 0 Å². The molecule has 0 aliphatic rings. The lowest BCUT2D eigenvalue weighted by Crippen LogP contribution is -2.34. The van der Waals surface area contributed by atoms with Crippen LogP contribution in [0.4, 0.5) is 10.1 Å². The maximum atomic E-state index is 13.8. The number of anilines is 1. The van der Waals surface area contributed by atoms with Crippen molar-refractivity contribution >= 4 is 11.6 Å². The Bertz CT molecular complexity index is 449. The number of hydrogen-bond acceptors (Lipinski definition) is 3. The molecule has 19 heavy (non-hydrogen) atoms. The molecule has 0 aliphatic carbocycles. The van der Waals surface area contributed by atoms with Crippen LogP contribution in [0.2, 0.25) is 0 Å². The third kappa shape index (κ3) is 3.67. The van der Waals surface area contributed by atoms with Crippen molar-refractivity contribution in [2.75, 3.05) is 25.5 Å². The van der Waals surface area contributed by atoms with E-state index < -0.39 is 11.9 Å². The Morgan fingerprint density at radius 2 is 2.11 bits per heavy atom. The van der Waals surface area contributed by atoms with Crippen LogP contribution in [0.25, 0.3) is 0 Å². The van der Waals surface area contributed by atoms with Gasteiger partial charge in [0.25, 0.3) is 0 Å². The van der Waals surface area contributed by atoms with Gasteiger partial charge in [-0.05, 0) is 19.1 Å². The van der Waals surface area contributed by atoms with Crippen molar-refractivity contribution in [3.63, 3.8) is 0 Å². The predicted molar refractivity (Wildman–Crippen MR) is 73.5 cm³/mol. The van der Waals surface area contributed by atoms with Crippen LogP contribution in [0.1, 0.15) is 25.5 Å². The highest BCUT2D eigenvalue weighted by Crippen LogP contribution is 2.28. The van der Waals surface area contributed by atoms with E-state index in [1.165, 1.54) is 13.0 Å². The summed E-state index contributed by atoms with van der Waals surface area (Å²) in [6.07, 6.45) is -0.894. The quantitative estimate of drug-likeness (QED) is 0.854. The van der Waals surface area contributed by atoms with Gasteiger partial charge in [-0.2, -0.15) is 0 Å². The summed E-state index contributed by atoms with van der Waals surface area (Å²) in [6, 6.07) is 4.65. The number of amides is 1. The third-order valence-electron chi connectivity index (χ3n) is 3.10. The molecular formula is C14H21FN2O2. The zero-order valence-electron chi connectivity index (χ0n) is 11.8. The Balaban J connectivity index is 2.97. The van der Waals surface area contributed by atoms with Crippen molar-refractivity contribution in [2.24, 2.45) is 5.92 Å². The molecule has 1 unspecified atom stereocenters. The summed E-state index contributed by atoms with van der Waals surface area (Å²) in [7, 11) is 3.36. The Hall–Kier alpha value is -1.62. The van der Waals surface area contributed by atoms with E-state index in [2.05, 4.69) is 5.32 Å². The minimum absolute atomic E-state index is 0.0677. The molecule has 0 radical (unpaired) electrons. The molecule has 106 valence electrons. The SMILES string of the molecule is CNC(=O)C(C)CN(C)c1cccc(F)c1[C@H](C)O. The molecule has 0 saturated carbocycles. The molecule has 0 bridgehead atoms. The Morgan fingerprint density at radius 1 is 1.47 bits per heavy atom. The van der Waals surface area contributed by atoms with Crippen LogP contribution in [0.15, 0.2) is 18.2 Å². The molecular weight excluding hydrogens is 247 g/mol. The van der Waals surface area contributed by atoms with Gasteiger partial charge in [0.05, 0.1) is 12.0 Å². The van der Waals surface area contributed by atoms with E-state index in [-0.39, 0.29) is 17.4 Å². The van der Waals surface area contributed by atoms with Gasteiger partial charge in [0.15, 0.2) is 0 Å². The van der Waals surface area contributed by atoms with Crippen molar-refractivity contribution in [1.29, 1.82) is 0 Å². The maximum Gasteiger partial charge on any atom is 0.224 e. The number of carbonyl (C=O) groups is 1. The van der Waals surface area contributed by atoms with Crippen molar-refractivity contribution in [3.05, 3.63) is 29.6 Å². The fourth-order valence-electron chi connectivity index (χ4n) is 2.11. The number of aliphatic hydroxyl groups excluding tert-OH is 1. The minimum atomic E-state index is -0.894. The van der Waals surface area contributed by atoms with Gasteiger partial charge < -0.3 is 15.3 Å². The van der Waals surface area contributed by atoms with Gasteiger partial charge in [-0.15, -0.1) is 0 Å². The summed E-state index contributed by atoms with van der Waals surface area (Å²) >= 11 is 0. The number of benzene rings is 1. The van der Waals surface area contributed by atoms with E-state index >= 15 is 0 Å². The molecule has 1 rings (SSSR count). The fourth-order valence-corrected chi connectivity index (χ4v) is 2.11. The maximum absolute atomic E-state index is 13.8. The van der Waals surface area contributed by atoms with Crippen LogP contribution in [0.3, 0.4) is 0 Å². The molecule has 1 aromatic rings. The average Bonchev–Trinajstić information content (AvgIpc) is 2.36. The molecule has 0 spiro atoms. The number of carbonyl (C=O) groups excluding carboxylic acids is 1. The van der Waals surface area contributed by atoms with Crippen LogP contribution in [-0.4, -0.2) is 31.7 Å². The zero-order valence-corrected chi connectivity index (χ0v) is 11.8. The van der Waals surface area contributed by atoms with Crippen molar-refractivity contribution in [1.82, 2.24) is 5.32 Å². The average molecular weight is 268 g/mol. The summed E-state index contributed by atoms with van der Waals surface area (Å²) in [5, 5.41) is 12.3. The van der Waals surface area contributed by atoms with Crippen LogP contribution in [-0.2, 0) is 4.79 Å². The van der Waals surface area contributed by atoms with Crippen LogP contribution < -0.4 is 10.2 Å². The summed E-state index contributed by atoms with van der Waals surface area (Å²) in [5.41, 5.74) is 0.861. The molecule has 0 fully saturated rings. The Morgan fingerprint density at radius 3 is 2.63 bits per heavy atom. The van der Waals surface area contributed by atoms with Crippen molar-refractivity contribution < 1.29 is 14.3 Å². The van der Waals surface area contributed by atoms with Crippen LogP contribution >= 0.6 is 0 Å². The third-order valence-corrected chi connectivity index (χ3v) is 3.10. The molecule has 0 heterocycles. The molecule has 0 aromatic heterocycles. The second-order valence-corrected chi connectivity index (χ2v) is 4.74. The van der Waals surface area contributed by atoms with Crippen molar-refractivity contribution in [3.8, 4) is 0 Å². The lowest BCUT2D eigenvalue weighted by molar-refractivity contribution is -0.123. The summed E-state index contributed by atoms with van der Waals surface area (Å²) in [6.45, 7) is 3.78. The largest absolute Gasteiger partial charge is 0.389 e. The summed E-state index contributed by atoms with van der Waals surface area (Å²) in [5.74, 6) is -0.728. The first-order valence-corrected chi connectivity index (χ1v) is 6.27. The summed E-state index contributed by atoms with van der Waals surface area (Å²) < 4.78 is 13.8. The highest BCUT2D eigenvalue weighted by Gasteiger charge is 2.19. The van der Waals surface area contributed by atoms with E-state index in [1.807, 2.05) is 0 Å². The molecule has 2 atom stereocenters. The monoisotopic (exact) mass is 268 g/mol. The van der Waals surface area contributed by atoms with Gasteiger partial charge in [0.1, 0.15) is 5.82 Å². The van der Waals surface area contributed by atoms with Gasteiger partial charge in [-0.3, -0.25) is 4.79 Å². The number of hydrogen-bond donors (Lipinski definition) is 2. The minimum Gasteiger partial charge on any atom is -0.389 e.